The third-order valence-electron chi connectivity index (χ3n) is 1.25. The molecule has 0 aliphatic heterocycles. The van der Waals surface area contributed by atoms with E-state index in [4.69, 9.17) is 11.1 Å². The highest BCUT2D eigenvalue weighted by Gasteiger charge is 1.86. The van der Waals surface area contributed by atoms with Crippen molar-refractivity contribution >= 4 is 6.21 Å². The summed E-state index contributed by atoms with van der Waals surface area (Å²) < 4.78 is 0. The summed E-state index contributed by atoms with van der Waals surface area (Å²) in [5, 5.41) is 6.83. The second-order valence-electron chi connectivity index (χ2n) is 2.23. The molecular weight excluding hydrogens is 136 g/mol. The number of nitrogens with one attached hydrogen (secondary N) is 1. The van der Waals surface area contributed by atoms with Gasteiger partial charge in [-0.15, -0.1) is 0 Å². The van der Waals surface area contributed by atoms with Gasteiger partial charge in [0.25, 0.3) is 0 Å². The second-order valence-corrected chi connectivity index (χ2v) is 2.23. The summed E-state index contributed by atoms with van der Waals surface area (Å²) in [6.45, 7) is 6.10. The average molecular weight is 150 g/mol. The highest BCUT2D eigenvalue weighted by Crippen LogP contribution is 2.00. The van der Waals surface area contributed by atoms with Crippen molar-refractivity contribution in [3.63, 3.8) is 0 Å². The zero-order chi connectivity index (χ0) is 8.69. The maximum atomic E-state index is 6.83. The quantitative estimate of drug-likeness (QED) is 0.464. The molecule has 0 aromatic carbocycles. The molecule has 0 fully saturated rings. The van der Waals surface area contributed by atoms with Gasteiger partial charge in [-0.3, -0.25) is 0 Å². The minimum absolute atomic E-state index is 0.545. The van der Waals surface area contributed by atoms with Gasteiger partial charge in [-0.1, -0.05) is 24.3 Å². The van der Waals surface area contributed by atoms with Crippen molar-refractivity contribution < 1.29 is 0 Å². The van der Waals surface area contributed by atoms with Crippen LogP contribution >= 0.6 is 0 Å². The molecule has 0 amide bonds. The minimum atomic E-state index is 0.545. The van der Waals surface area contributed by atoms with Crippen LogP contribution in [0.2, 0.25) is 0 Å². The van der Waals surface area contributed by atoms with E-state index in [-0.39, 0.29) is 0 Å². The molecule has 0 aliphatic rings. The van der Waals surface area contributed by atoms with Gasteiger partial charge in [0.2, 0.25) is 0 Å². The lowest BCUT2D eigenvalue weighted by Crippen LogP contribution is -1.99. The Labute approximate surface area is 67.6 Å². The molecule has 0 aliphatic carbocycles. The van der Waals surface area contributed by atoms with E-state index in [1.165, 1.54) is 6.21 Å². The third-order valence-corrected chi connectivity index (χ3v) is 1.25. The average Bonchev–Trinajstić information content (AvgIpc) is 2.03. The van der Waals surface area contributed by atoms with Crippen LogP contribution in [0.25, 0.3) is 0 Å². The Morgan fingerprint density at radius 1 is 1.64 bits per heavy atom. The fraction of sp³-hybridized carbons (Fsp3) is 0.222. The number of nitrogens with two attached hydrogens (primary N) is 1. The zero-order valence-corrected chi connectivity index (χ0v) is 6.80. The summed E-state index contributed by atoms with van der Waals surface area (Å²) in [6.07, 6.45) is 6.52. The summed E-state index contributed by atoms with van der Waals surface area (Å²) in [7, 11) is 0. The van der Waals surface area contributed by atoms with Gasteiger partial charge in [0.1, 0.15) is 0 Å². The molecule has 60 valence electrons. The summed E-state index contributed by atoms with van der Waals surface area (Å²) in [5.41, 5.74) is 7.39. The molecule has 0 saturated carbocycles. The Bertz CT molecular complexity index is 200. The van der Waals surface area contributed by atoms with E-state index in [0.29, 0.717) is 6.54 Å². The lowest BCUT2D eigenvalue weighted by atomic mass is 10.1. The first kappa shape index (κ1) is 9.85. The molecule has 3 N–H and O–H groups in total. The first-order chi connectivity index (χ1) is 5.24. The third kappa shape index (κ3) is 4.28. The summed E-state index contributed by atoms with van der Waals surface area (Å²) >= 11 is 0. The van der Waals surface area contributed by atoms with Crippen LogP contribution < -0.4 is 5.73 Å². The molecule has 0 rings (SSSR count). The van der Waals surface area contributed by atoms with Crippen LogP contribution in [0.15, 0.2) is 36.0 Å². The van der Waals surface area contributed by atoms with Crippen LogP contribution in [0.3, 0.4) is 0 Å². The van der Waals surface area contributed by atoms with Crippen LogP contribution in [0.1, 0.15) is 6.92 Å². The van der Waals surface area contributed by atoms with E-state index in [1.807, 2.05) is 13.0 Å². The monoisotopic (exact) mass is 150 g/mol. The van der Waals surface area contributed by atoms with E-state index in [1.54, 1.807) is 12.2 Å². The van der Waals surface area contributed by atoms with Crippen LogP contribution in [-0.2, 0) is 0 Å². The lowest BCUT2D eigenvalue weighted by Gasteiger charge is -1.95. The van der Waals surface area contributed by atoms with Gasteiger partial charge in [0, 0.05) is 12.8 Å². The molecule has 0 unspecified atom stereocenters. The van der Waals surface area contributed by atoms with E-state index in [2.05, 4.69) is 6.58 Å². The Hall–Kier alpha value is -1.15. The molecule has 0 saturated heterocycles. The lowest BCUT2D eigenvalue weighted by molar-refractivity contribution is 1.14. The topological polar surface area (TPSA) is 49.9 Å². The van der Waals surface area contributed by atoms with E-state index in [0.717, 1.165) is 11.1 Å². The predicted octanol–water partition coefficient (Wildman–Crippen LogP) is 1.65. The maximum Gasteiger partial charge on any atom is 0.0183 e. The molecule has 0 bridgehead atoms. The standard InChI is InChI=1S/C9H14N2/c1-3-9(4-5-10)6-8(2)7-11/h3-6,10H,1,7,11H2,2H3/b8-6+,9-4-,10-5?. The molecule has 0 atom stereocenters. The normalized spacial score (nSPS) is 12.9. The van der Waals surface area contributed by atoms with Crippen LogP contribution in [0.5, 0.6) is 0 Å². The Morgan fingerprint density at radius 3 is 2.64 bits per heavy atom. The highest BCUT2D eigenvalue weighted by atomic mass is 14.5. The zero-order valence-electron chi connectivity index (χ0n) is 6.80. The van der Waals surface area contributed by atoms with E-state index >= 15 is 0 Å². The maximum absolute atomic E-state index is 6.83. The van der Waals surface area contributed by atoms with Gasteiger partial charge < -0.3 is 11.1 Å². The number of rotatable bonds is 4. The first-order valence-corrected chi connectivity index (χ1v) is 3.45. The van der Waals surface area contributed by atoms with Crippen molar-refractivity contribution in [1.29, 1.82) is 5.41 Å². The molecule has 0 aromatic heterocycles. The SMILES string of the molecule is C=CC(=C/C=N)/C=C(\C)CN. The van der Waals surface area contributed by atoms with Gasteiger partial charge >= 0.3 is 0 Å². The van der Waals surface area contributed by atoms with Gasteiger partial charge in [-0.05, 0) is 18.6 Å². The van der Waals surface area contributed by atoms with Crippen LogP contribution in [0.4, 0.5) is 0 Å². The van der Waals surface area contributed by atoms with Gasteiger partial charge in [-0.2, -0.15) is 0 Å². The predicted molar refractivity (Wildman–Crippen MR) is 49.9 cm³/mol. The molecule has 0 radical (unpaired) electrons. The molecular formula is C9H14N2. The fourth-order valence-electron chi connectivity index (χ4n) is 0.615. The molecule has 2 nitrogen and oxygen atoms in total. The minimum Gasteiger partial charge on any atom is -0.327 e. The van der Waals surface area contributed by atoms with Crippen molar-refractivity contribution in [3.05, 3.63) is 36.0 Å². The molecule has 11 heavy (non-hydrogen) atoms. The summed E-state index contributed by atoms with van der Waals surface area (Å²) in [4.78, 5) is 0. The van der Waals surface area contributed by atoms with Crippen molar-refractivity contribution in [3.8, 4) is 0 Å². The Kier molecular flexibility index (Phi) is 5.03. The summed E-state index contributed by atoms with van der Waals surface area (Å²) in [5.74, 6) is 0. The summed E-state index contributed by atoms with van der Waals surface area (Å²) in [6, 6.07) is 0. The smallest absolute Gasteiger partial charge is 0.0183 e. The van der Waals surface area contributed by atoms with Crippen molar-refractivity contribution in [2.45, 2.75) is 6.92 Å². The highest BCUT2D eigenvalue weighted by molar-refractivity contribution is 5.71. The van der Waals surface area contributed by atoms with Gasteiger partial charge in [-0.25, -0.2) is 0 Å². The largest absolute Gasteiger partial charge is 0.327 e. The molecule has 2 heteroatoms. The molecule has 0 aromatic rings. The second kappa shape index (κ2) is 5.62. The van der Waals surface area contributed by atoms with E-state index in [9.17, 15) is 0 Å². The van der Waals surface area contributed by atoms with Crippen LogP contribution in [0, 0.1) is 5.41 Å². The van der Waals surface area contributed by atoms with Gasteiger partial charge in [0.15, 0.2) is 0 Å². The number of hydrogen-bond acceptors (Lipinski definition) is 2. The van der Waals surface area contributed by atoms with Crippen molar-refractivity contribution in [1.82, 2.24) is 0 Å². The Balaban J connectivity index is 4.41. The van der Waals surface area contributed by atoms with Crippen LogP contribution in [-0.4, -0.2) is 12.8 Å². The fourth-order valence-corrected chi connectivity index (χ4v) is 0.615. The van der Waals surface area contributed by atoms with Crippen molar-refractivity contribution in [2.24, 2.45) is 5.73 Å². The number of hydrogen-bond donors (Lipinski definition) is 2. The number of allylic oxidation sites excluding steroid dienone is 4. The van der Waals surface area contributed by atoms with Crippen molar-refractivity contribution in [2.75, 3.05) is 6.54 Å². The Morgan fingerprint density at radius 2 is 2.27 bits per heavy atom. The van der Waals surface area contributed by atoms with Gasteiger partial charge in [0.05, 0.1) is 0 Å². The molecule has 0 spiro atoms. The van der Waals surface area contributed by atoms with E-state index < -0.39 is 0 Å². The molecule has 0 heterocycles. The first-order valence-electron chi connectivity index (χ1n) is 3.45.